The molecular formula is C22H32N2O4. The zero-order valence-electron chi connectivity index (χ0n) is 17.2. The number of benzene rings is 1. The second-order valence-corrected chi connectivity index (χ2v) is 8.16. The van der Waals surface area contributed by atoms with E-state index in [1.807, 2.05) is 26.0 Å². The summed E-state index contributed by atoms with van der Waals surface area (Å²) < 4.78 is 0. The van der Waals surface area contributed by atoms with E-state index in [0.29, 0.717) is 25.1 Å². The van der Waals surface area contributed by atoms with Crippen LogP contribution in [0.2, 0.25) is 0 Å². The van der Waals surface area contributed by atoms with Gasteiger partial charge < -0.3 is 15.3 Å². The average Bonchev–Trinajstić information content (AvgIpc) is 2.87. The summed E-state index contributed by atoms with van der Waals surface area (Å²) in [5.74, 6) is -1.10. The lowest BCUT2D eigenvalue weighted by Gasteiger charge is -2.27. The van der Waals surface area contributed by atoms with Crippen LogP contribution in [0.5, 0.6) is 0 Å². The summed E-state index contributed by atoms with van der Waals surface area (Å²) in [6.07, 6.45) is 4.91. The molecule has 2 rings (SSSR count). The number of carboxylic acid groups (broad SMARTS) is 1. The van der Waals surface area contributed by atoms with E-state index in [-0.39, 0.29) is 24.3 Å². The Hall–Kier alpha value is -2.37. The van der Waals surface area contributed by atoms with Gasteiger partial charge in [-0.15, -0.1) is 0 Å². The minimum absolute atomic E-state index is 0.00947. The van der Waals surface area contributed by atoms with E-state index in [4.69, 9.17) is 0 Å². The number of carboxylic acids is 1. The summed E-state index contributed by atoms with van der Waals surface area (Å²) in [6, 6.07) is 7.47. The Kier molecular flexibility index (Phi) is 7.61. The molecule has 0 aromatic heterocycles. The molecule has 0 heterocycles. The van der Waals surface area contributed by atoms with Crippen molar-refractivity contribution in [1.29, 1.82) is 0 Å². The molecule has 0 radical (unpaired) electrons. The number of anilines is 1. The van der Waals surface area contributed by atoms with E-state index in [0.717, 1.165) is 31.2 Å². The van der Waals surface area contributed by atoms with Gasteiger partial charge in [0, 0.05) is 31.6 Å². The number of nitrogens with zero attached hydrogens (tertiary/aromatic N) is 1. The van der Waals surface area contributed by atoms with Crippen LogP contribution in [0.1, 0.15) is 71.3 Å². The molecule has 1 aromatic carbocycles. The number of hydrogen-bond acceptors (Lipinski definition) is 3. The first kappa shape index (κ1) is 21.9. The predicted molar refractivity (Wildman–Crippen MR) is 109 cm³/mol. The third kappa shape index (κ3) is 5.81. The van der Waals surface area contributed by atoms with Crippen LogP contribution in [-0.2, 0) is 20.9 Å². The van der Waals surface area contributed by atoms with Crippen LogP contribution in [0.3, 0.4) is 0 Å². The molecule has 1 aromatic rings. The molecule has 154 valence electrons. The average molecular weight is 389 g/mol. The normalized spacial score (nSPS) is 16.3. The first-order valence-corrected chi connectivity index (χ1v) is 10.1. The maximum absolute atomic E-state index is 12.5. The van der Waals surface area contributed by atoms with Crippen molar-refractivity contribution in [2.75, 3.05) is 5.32 Å². The van der Waals surface area contributed by atoms with Gasteiger partial charge in [-0.1, -0.05) is 37.8 Å². The molecule has 1 fully saturated rings. The predicted octanol–water partition coefficient (Wildman–Crippen LogP) is 4.20. The smallest absolute Gasteiger partial charge is 0.310 e. The number of rotatable bonds is 7. The molecule has 1 saturated carbocycles. The Bertz CT molecular complexity index is 689. The molecule has 0 bridgehead atoms. The molecule has 6 nitrogen and oxygen atoms in total. The van der Waals surface area contributed by atoms with E-state index < -0.39 is 11.4 Å². The van der Waals surface area contributed by atoms with Crippen molar-refractivity contribution in [1.82, 2.24) is 4.90 Å². The molecule has 2 N–H and O–H groups in total. The van der Waals surface area contributed by atoms with Crippen LogP contribution in [-0.4, -0.2) is 33.8 Å². The lowest BCUT2D eigenvalue weighted by atomic mass is 9.77. The molecule has 1 aliphatic rings. The Labute approximate surface area is 167 Å². The summed E-state index contributed by atoms with van der Waals surface area (Å²) in [5, 5.41) is 12.6. The summed E-state index contributed by atoms with van der Waals surface area (Å²) in [7, 11) is 0. The van der Waals surface area contributed by atoms with Crippen molar-refractivity contribution >= 4 is 23.5 Å². The number of aliphatic carboxylic acids is 1. The molecule has 0 atom stereocenters. The van der Waals surface area contributed by atoms with Gasteiger partial charge in [-0.05, 0) is 44.4 Å². The second kappa shape index (κ2) is 9.71. The molecule has 28 heavy (non-hydrogen) atoms. The number of carbonyl (C=O) groups excluding carboxylic acids is 2. The van der Waals surface area contributed by atoms with Crippen LogP contribution >= 0.6 is 0 Å². The number of nitrogens with one attached hydrogen (secondary N) is 1. The van der Waals surface area contributed by atoms with Crippen molar-refractivity contribution in [2.45, 2.75) is 78.3 Å². The minimum atomic E-state index is -0.945. The van der Waals surface area contributed by atoms with E-state index in [2.05, 4.69) is 5.32 Å². The quantitative estimate of drug-likeness (QED) is 0.686. The molecule has 1 aliphatic carbocycles. The van der Waals surface area contributed by atoms with Crippen molar-refractivity contribution in [2.24, 2.45) is 5.41 Å². The van der Waals surface area contributed by atoms with Crippen LogP contribution < -0.4 is 5.32 Å². The lowest BCUT2D eigenvalue weighted by molar-refractivity contribution is -0.152. The second-order valence-electron chi connectivity index (χ2n) is 8.16. The Morgan fingerprint density at radius 2 is 1.64 bits per heavy atom. The largest absolute Gasteiger partial charge is 0.481 e. The van der Waals surface area contributed by atoms with Crippen molar-refractivity contribution in [3.8, 4) is 0 Å². The van der Waals surface area contributed by atoms with Crippen LogP contribution in [0.25, 0.3) is 0 Å². The van der Waals surface area contributed by atoms with Gasteiger partial charge >= 0.3 is 5.97 Å². The fourth-order valence-electron chi connectivity index (χ4n) is 3.93. The number of amides is 2. The zero-order valence-corrected chi connectivity index (χ0v) is 17.2. The highest BCUT2D eigenvalue weighted by atomic mass is 16.4. The van der Waals surface area contributed by atoms with E-state index >= 15 is 0 Å². The molecule has 0 spiro atoms. The van der Waals surface area contributed by atoms with Crippen molar-refractivity contribution in [3.63, 3.8) is 0 Å². The SMILES string of the molecule is CC(=O)N(Cc1ccc(NC(=O)CC2(C(=O)O)CCCCCC2)cc1)C(C)C. The van der Waals surface area contributed by atoms with Crippen LogP contribution in [0, 0.1) is 5.41 Å². The highest BCUT2D eigenvalue weighted by molar-refractivity contribution is 5.94. The highest BCUT2D eigenvalue weighted by Gasteiger charge is 2.40. The molecule has 0 aliphatic heterocycles. The minimum Gasteiger partial charge on any atom is -0.481 e. The van der Waals surface area contributed by atoms with Gasteiger partial charge in [0.1, 0.15) is 0 Å². The lowest BCUT2D eigenvalue weighted by Crippen LogP contribution is -2.35. The van der Waals surface area contributed by atoms with Gasteiger partial charge in [0.25, 0.3) is 0 Å². The maximum Gasteiger partial charge on any atom is 0.310 e. The van der Waals surface area contributed by atoms with Crippen molar-refractivity contribution < 1.29 is 19.5 Å². The molecule has 6 heteroatoms. The van der Waals surface area contributed by atoms with Gasteiger partial charge in [-0.25, -0.2) is 0 Å². The van der Waals surface area contributed by atoms with Gasteiger partial charge in [-0.3, -0.25) is 14.4 Å². The van der Waals surface area contributed by atoms with Crippen LogP contribution in [0.15, 0.2) is 24.3 Å². The number of carbonyl (C=O) groups is 3. The Morgan fingerprint density at radius 3 is 2.11 bits per heavy atom. The van der Waals surface area contributed by atoms with E-state index in [9.17, 15) is 19.5 Å². The van der Waals surface area contributed by atoms with Crippen LogP contribution in [0.4, 0.5) is 5.69 Å². The molecule has 0 saturated heterocycles. The summed E-state index contributed by atoms with van der Waals surface area (Å²) in [5.41, 5.74) is 0.675. The van der Waals surface area contributed by atoms with Gasteiger partial charge in [0.2, 0.25) is 11.8 Å². The first-order chi connectivity index (χ1) is 13.2. The maximum atomic E-state index is 12.5. The summed E-state index contributed by atoms with van der Waals surface area (Å²) in [6.45, 7) is 6.02. The standard InChI is InChI=1S/C22H32N2O4/c1-16(2)24(17(3)25)15-18-8-10-19(11-9-18)23-20(26)14-22(21(27)28)12-6-4-5-7-13-22/h8-11,16H,4-7,12-15H2,1-3H3,(H,23,26)(H,27,28). The third-order valence-corrected chi connectivity index (χ3v) is 5.63. The Balaban J connectivity index is 2.00. The monoisotopic (exact) mass is 388 g/mol. The van der Waals surface area contributed by atoms with Crippen molar-refractivity contribution in [3.05, 3.63) is 29.8 Å². The summed E-state index contributed by atoms with van der Waals surface area (Å²) >= 11 is 0. The third-order valence-electron chi connectivity index (χ3n) is 5.63. The Morgan fingerprint density at radius 1 is 1.07 bits per heavy atom. The highest BCUT2D eigenvalue weighted by Crippen LogP contribution is 2.38. The fraction of sp³-hybridized carbons (Fsp3) is 0.591. The fourth-order valence-corrected chi connectivity index (χ4v) is 3.93. The van der Waals surface area contributed by atoms with E-state index in [1.165, 1.54) is 0 Å². The number of hydrogen-bond donors (Lipinski definition) is 2. The van der Waals surface area contributed by atoms with Gasteiger partial charge in [0.15, 0.2) is 0 Å². The molecule has 0 unspecified atom stereocenters. The molecular weight excluding hydrogens is 356 g/mol. The summed E-state index contributed by atoms with van der Waals surface area (Å²) in [4.78, 5) is 37.9. The first-order valence-electron chi connectivity index (χ1n) is 10.1. The van der Waals surface area contributed by atoms with Gasteiger partial charge in [-0.2, -0.15) is 0 Å². The zero-order chi connectivity index (χ0) is 20.7. The van der Waals surface area contributed by atoms with E-state index in [1.54, 1.807) is 24.0 Å². The topological polar surface area (TPSA) is 86.7 Å². The molecule has 2 amide bonds. The van der Waals surface area contributed by atoms with Gasteiger partial charge in [0.05, 0.1) is 5.41 Å².